The van der Waals surface area contributed by atoms with Gasteiger partial charge in [-0.1, -0.05) is 25.2 Å². The number of halogens is 3. The average molecular weight is 588 g/mol. The lowest BCUT2D eigenvalue weighted by Crippen LogP contribution is -2.44. The molecule has 13 heteroatoms. The molecule has 9 nitrogen and oxygen atoms in total. The number of nitrogens with two attached hydrogens (primary N) is 2. The van der Waals surface area contributed by atoms with Gasteiger partial charge < -0.3 is 31.8 Å². The molecule has 1 aliphatic heterocycles. The number of primary amides is 1. The smallest absolute Gasteiger partial charge is 0.398 e. The molecule has 0 saturated carbocycles. The summed E-state index contributed by atoms with van der Waals surface area (Å²) in [4.78, 5) is 24.8. The zero-order valence-corrected chi connectivity index (χ0v) is 23.2. The van der Waals surface area contributed by atoms with Gasteiger partial charge in [-0.05, 0) is 49.1 Å². The first-order valence-electron chi connectivity index (χ1n) is 13.2. The van der Waals surface area contributed by atoms with Crippen molar-refractivity contribution in [2.24, 2.45) is 11.5 Å². The van der Waals surface area contributed by atoms with Crippen LogP contribution in [-0.4, -0.2) is 51.6 Å². The summed E-state index contributed by atoms with van der Waals surface area (Å²) in [6.45, 7) is 2.78. The van der Waals surface area contributed by atoms with E-state index in [1.807, 2.05) is 18.2 Å². The maximum absolute atomic E-state index is 14.1. The van der Waals surface area contributed by atoms with E-state index in [4.69, 9.17) is 23.7 Å². The van der Waals surface area contributed by atoms with Crippen molar-refractivity contribution in [2.75, 3.05) is 24.5 Å². The molecule has 218 valence electrons. The molecular weight excluding hydrogens is 555 g/mol. The van der Waals surface area contributed by atoms with Crippen LogP contribution in [-0.2, 0) is 11.0 Å². The van der Waals surface area contributed by atoms with Crippen LogP contribution in [0.25, 0.3) is 16.8 Å². The summed E-state index contributed by atoms with van der Waals surface area (Å²) >= 11 is 5.27. The Morgan fingerprint density at radius 1 is 1.20 bits per heavy atom. The summed E-state index contributed by atoms with van der Waals surface area (Å²) in [6, 6.07) is 8.47. The maximum Gasteiger partial charge on any atom is 0.417 e. The largest absolute Gasteiger partial charge is 0.417 e. The highest BCUT2D eigenvalue weighted by atomic mass is 32.1. The third-order valence-electron chi connectivity index (χ3n) is 7.15. The second-order valence-corrected chi connectivity index (χ2v) is 10.2. The van der Waals surface area contributed by atoms with Gasteiger partial charge in [-0.3, -0.25) is 14.8 Å². The third kappa shape index (κ3) is 7.10. The van der Waals surface area contributed by atoms with Crippen molar-refractivity contribution in [2.45, 2.75) is 44.5 Å². The van der Waals surface area contributed by atoms with Crippen molar-refractivity contribution in [3.05, 3.63) is 76.0 Å². The molecule has 1 saturated heterocycles. The number of pyridine rings is 3. The maximum atomic E-state index is 14.1. The molecule has 41 heavy (non-hydrogen) atoms. The molecule has 3 aromatic rings. The number of nitrogens with one attached hydrogen (secondary N) is 2. The fraction of sp³-hybridized carbons (Fsp3) is 0.357. The third-order valence-corrected chi connectivity index (χ3v) is 7.45. The van der Waals surface area contributed by atoms with E-state index >= 15 is 0 Å². The number of alkyl halides is 3. The Morgan fingerprint density at radius 3 is 2.44 bits per heavy atom. The first-order chi connectivity index (χ1) is 19.5. The zero-order chi connectivity index (χ0) is 29.7. The lowest BCUT2D eigenvalue weighted by molar-refractivity contribution is -0.137. The minimum Gasteiger partial charge on any atom is -0.398 e. The molecule has 4 heterocycles. The van der Waals surface area contributed by atoms with E-state index < -0.39 is 29.3 Å². The van der Waals surface area contributed by atoms with Crippen molar-refractivity contribution < 1.29 is 23.1 Å². The number of anilines is 1. The Hall–Kier alpha value is -3.81. The van der Waals surface area contributed by atoms with Gasteiger partial charge >= 0.3 is 6.18 Å². The lowest BCUT2D eigenvalue weighted by Gasteiger charge is -2.34. The number of carbonyl (C=O) groups excluding carboxylic acids is 1. The number of rotatable bonds is 9. The Kier molecular flexibility index (Phi) is 9.41. The van der Waals surface area contributed by atoms with Crippen LogP contribution in [0, 0.1) is 4.64 Å². The summed E-state index contributed by atoms with van der Waals surface area (Å²) in [5.74, 6) is -0.679. The Balaban J connectivity index is 1.40. The van der Waals surface area contributed by atoms with E-state index in [2.05, 4.69) is 20.3 Å². The van der Waals surface area contributed by atoms with Crippen molar-refractivity contribution >= 4 is 29.6 Å². The van der Waals surface area contributed by atoms with E-state index in [1.54, 1.807) is 36.5 Å². The Morgan fingerprint density at radius 2 is 1.88 bits per heavy atom. The van der Waals surface area contributed by atoms with Gasteiger partial charge in [0.25, 0.3) is 0 Å². The van der Waals surface area contributed by atoms with Gasteiger partial charge in [0.1, 0.15) is 16.6 Å². The van der Waals surface area contributed by atoms with Gasteiger partial charge in [0.05, 0.1) is 17.0 Å². The lowest BCUT2D eigenvalue weighted by atomic mass is 10.00. The molecule has 1 fully saturated rings. The number of piperidine rings is 1. The molecule has 0 aromatic carbocycles. The first kappa shape index (κ1) is 30.2. The molecule has 0 bridgehead atoms. The quantitative estimate of drug-likeness (QED) is 0.186. The molecule has 4 rings (SSSR count). The summed E-state index contributed by atoms with van der Waals surface area (Å²) in [6.07, 6.45) is 0.872. The summed E-state index contributed by atoms with van der Waals surface area (Å²) in [7, 11) is 0. The number of H-pyrrole nitrogens is 1. The van der Waals surface area contributed by atoms with Gasteiger partial charge in [0.15, 0.2) is 0 Å². The molecule has 0 aliphatic carbocycles. The van der Waals surface area contributed by atoms with Crippen LogP contribution in [0.15, 0.2) is 54.5 Å². The Labute approximate surface area is 240 Å². The molecule has 0 radical (unpaired) electrons. The summed E-state index contributed by atoms with van der Waals surface area (Å²) in [5.41, 5.74) is 11.8. The van der Waals surface area contributed by atoms with Crippen LogP contribution in [0.5, 0.6) is 0 Å². The number of aromatic amines is 1. The highest BCUT2D eigenvalue weighted by Gasteiger charge is 2.37. The van der Waals surface area contributed by atoms with E-state index in [0.717, 1.165) is 17.2 Å². The number of hydrogen-bond acceptors (Lipinski definition) is 8. The summed E-state index contributed by atoms with van der Waals surface area (Å²) < 4.78 is 42.0. The molecule has 1 amide bonds. The number of aliphatic hydroxyl groups is 1. The van der Waals surface area contributed by atoms with Crippen LogP contribution in [0.3, 0.4) is 0 Å². The fourth-order valence-electron chi connectivity index (χ4n) is 4.88. The summed E-state index contributed by atoms with van der Waals surface area (Å²) in [5, 5.41) is 14.0. The van der Waals surface area contributed by atoms with Crippen molar-refractivity contribution in [1.82, 2.24) is 20.3 Å². The predicted octanol–water partition coefficient (Wildman–Crippen LogP) is 4.08. The Bertz CT molecular complexity index is 1450. The van der Waals surface area contributed by atoms with Crippen LogP contribution in [0.2, 0.25) is 0 Å². The molecular formula is C28H32F3N7O2S. The number of nitrogens with zero attached hydrogens (tertiary/aromatic N) is 3. The van der Waals surface area contributed by atoms with Crippen LogP contribution < -0.4 is 21.7 Å². The number of carbonyl (C=O) groups is 1. The van der Waals surface area contributed by atoms with Crippen molar-refractivity contribution in [3.63, 3.8) is 0 Å². The standard InChI is InChI=1S/C28H32F3N7O2S/c1-2-19(26(33)40)25(32)24-20(28(29,30)31)13-23(37-27(24)41)38-11-7-18(8-12-38)35-15-22(39)21-4-3-17(14-36-21)16-5-9-34-10-6-16/h3-6,9-10,13-14,18,22,35,39H,2,7-8,11-12,15,32H2,1H3,(H2,33,40)(H,37,41)/b25-19-. The number of hydrogen-bond donors (Lipinski definition) is 5. The highest BCUT2D eigenvalue weighted by Crippen LogP contribution is 2.37. The molecule has 1 atom stereocenters. The number of aliphatic hydroxyl groups excluding tert-OH is 1. The second-order valence-electron chi connectivity index (χ2n) is 9.77. The number of amides is 1. The SMILES string of the molecule is CC/C(C(N)=O)=C(/N)c1c(C(F)(F)F)cc(N2CCC(NCC(O)c3ccc(-c4ccncc4)cn3)CC2)[nH]c1=S. The van der Waals surface area contributed by atoms with Crippen LogP contribution in [0.4, 0.5) is 19.0 Å². The molecule has 1 aliphatic rings. The monoisotopic (exact) mass is 587 g/mol. The number of aromatic nitrogens is 3. The predicted molar refractivity (Wildman–Crippen MR) is 153 cm³/mol. The van der Waals surface area contributed by atoms with Crippen LogP contribution >= 0.6 is 12.2 Å². The van der Waals surface area contributed by atoms with Gasteiger partial charge in [-0.2, -0.15) is 13.2 Å². The highest BCUT2D eigenvalue weighted by molar-refractivity contribution is 7.71. The van der Waals surface area contributed by atoms with E-state index in [0.29, 0.717) is 31.6 Å². The zero-order valence-electron chi connectivity index (χ0n) is 22.4. The van der Waals surface area contributed by atoms with E-state index in [1.165, 1.54) is 0 Å². The topological polar surface area (TPSA) is 146 Å². The first-order valence-corrected chi connectivity index (χ1v) is 13.6. The molecule has 0 spiro atoms. The van der Waals surface area contributed by atoms with Crippen molar-refractivity contribution in [1.29, 1.82) is 0 Å². The van der Waals surface area contributed by atoms with Gasteiger partial charge in [0, 0.05) is 61.0 Å². The minimum absolute atomic E-state index is 0.0579. The van der Waals surface area contributed by atoms with Crippen molar-refractivity contribution in [3.8, 4) is 11.1 Å². The molecule has 7 N–H and O–H groups in total. The van der Waals surface area contributed by atoms with Crippen LogP contribution in [0.1, 0.15) is 49.1 Å². The molecule has 3 aromatic heterocycles. The van der Waals surface area contributed by atoms with Gasteiger partial charge in [0.2, 0.25) is 5.91 Å². The average Bonchev–Trinajstić information content (AvgIpc) is 2.96. The second kappa shape index (κ2) is 12.8. The van der Waals surface area contributed by atoms with E-state index in [9.17, 15) is 23.1 Å². The van der Waals surface area contributed by atoms with E-state index in [-0.39, 0.29) is 40.7 Å². The fourth-order valence-corrected chi connectivity index (χ4v) is 5.21. The molecule has 1 unspecified atom stereocenters. The van der Waals surface area contributed by atoms with Gasteiger partial charge in [-0.25, -0.2) is 0 Å². The van der Waals surface area contributed by atoms with Gasteiger partial charge in [-0.15, -0.1) is 0 Å². The minimum atomic E-state index is -4.76. The normalized spacial score (nSPS) is 15.9.